The zero-order chi connectivity index (χ0) is 14.4. The third-order valence-corrected chi connectivity index (χ3v) is 4.87. The highest BCUT2D eigenvalue weighted by atomic mass is 16.5. The lowest BCUT2D eigenvalue weighted by molar-refractivity contribution is -0.0947. The summed E-state index contributed by atoms with van der Waals surface area (Å²) in [4.78, 5) is 0. The maximum absolute atomic E-state index is 10.9. The molecule has 0 bridgehead atoms. The molecule has 4 unspecified atom stereocenters. The molecule has 110 valence electrons. The summed E-state index contributed by atoms with van der Waals surface area (Å²) in [5, 5.41) is 10.9. The number of aliphatic hydroxyl groups is 1. The van der Waals surface area contributed by atoms with Gasteiger partial charge in [0.2, 0.25) is 0 Å². The van der Waals surface area contributed by atoms with Crippen LogP contribution in [0.15, 0.2) is 11.6 Å². The van der Waals surface area contributed by atoms with Gasteiger partial charge in [0, 0.05) is 5.92 Å². The molecule has 0 amide bonds. The van der Waals surface area contributed by atoms with E-state index in [1.807, 2.05) is 0 Å². The van der Waals surface area contributed by atoms with Gasteiger partial charge in [0.05, 0.1) is 17.3 Å². The van der Waals surface area contributed by atoms with Crippen LogP contribution in [-0.4, -0.2) is 22.4 Å². The van der Waals surface area contributed by atoms with Crippen molar-refractivity contribution in [2.45, 2.75) is 78.1 Å². The van der Waals surface area contributed by atoms with Crippen LogP contribution >= 0.6 is 0 Å². The van der Waals surface area contributed by atoms with Gasteiger partial charge in [-0.15, -0.1) is 0 Å². The van der Waals surface area contributed by atoms with E-state index in [0.29, 0.717) is 11.8 Å². The second-order valence-corrected chi connectivity index (χ2v) is 7.96. The number of aliphatic hydroxyl groups excluding tert-OH is 1. The summed E-state index contributed by atoms with van der Waals surface area (Å²) in [6, 6.07) is 0. The van der Waals surface area contributed by atoms with Gasteiger partial charge in [-0.25, -0.2) is 0 Å². The molecule has 4 atom stereocenters. The standard InChI is InChI=1S/C17H30O2/c1-11-7-12(2)9-13(8-11)15(18)14-10-16(3,4)19-17(14,5)6/h7,11,13-15,18H,8-10H2,1-6H3. The molecule has 2 nitrogen and oxygen atoms in total. The van der Waals surface area contributed by atoms with Crippen molar-refractivity contribution in [3.05, 3.63) is 11.6 Å². The molecule has 0 radical (unpaired) electrons. The van der Waals surface area contributed by atoms with Crippen molar-refractivity contribution >= 4 is 0 Å². The molecule has 0 spiro atoms. The van der Waals surface area contributed by atoms with E-state index in [4.69, 9.17) is 4.74 Å². The minimum Gasteiger partial charge on any atom is -0.392 e. The summed E-state index contributed by atoms with van der Waals surface area (Å²) in [5.74, 6) is 1.22. The van der Waals surface area contributed by atoms with Gasteiger partial charge in [-0.3, -0.25) is 0 Å². The van der Waals surface area contributed by atoms with Crippen molar-refractivity contribution in [1.29, 1.82) is 0 Å². The molecule has 0 saturated carbocycles. The minimum absolute atomic E-state index is 0.111. The second-order valence-electron chi connectivity index (χ2n) is 7.96. The molecule has 1 N–H and O–H groups in total. The topological polar surface area (TPSA) is 29.5 Å². The Hall–Kier alpha value is -0.340. The summed E-state index contributed by atoms with van der Waals surface area (Å²) < 4.78 is 6.14. The fourth-order valence-electron chi connectivity index (χ4n) is 4.32. The lowest BCUT2D eigenvalue weighted by Gasteiger charge is -2.37. The van der Waals surface area contributed by atoms with Crippen molar-refractivity contribution in [2.75, 3.05) is 0 Å². The number of hydrogen-bond donors (Lipinski definition) is 1. The first-order valence-electron chi connectivity index (χ1n) is 7.66. The third kappa shape index (κ3) is 3.22. The van der Waals surface area contributed by atoms with E-state index in [9.17, 15) is 5.11 Å². The van der Waals surface area contributed by atoms with Gasteiger partial charge >= 0.3 is 0 Å². The van der Waals surface area contributed by atoms with E-state index in [0.717, 1.165) is 19.3 Å². The van der Waals surface area contributed by atoms with E-state index >= 15 is 0 Å². The highest BCUT2D eigenvalue weighted by Crippen LogP contribution is 2.46. The largest absolute Gasteiger partial charge is 0.392 e. The molecule has 2 rings (SSSR count). The van der Waals surface area contributed by atoms with Gasteiger partial charge in [0.25, 0.3) is 0 Å². The first-order valence-corrected chi connectivity index (χ1v) is 7.66. The average molecular weight is 266 g/mol. The minimum atomic E-state index is -0.247. The van der Waals surface area contributed by atoms with Crippen LogP contribution in [0.25, 0.3) is 0 Å². The van der Waals surface area contributed by atoms with Crippen molar-refractivity contribution in [1.82, 2.24) is 0 Å². The Balaban J connectivity index is 2.12. The van der Waals surface area contributed by atoms with Crippen LogP contribution in [0.1, 0.15) is 60.8 Å². The van der Waals surface area contributed by atoms with Crippen LogP contribution in [0, 0.1) is 17.8 Å². The van der Waals surface area contributed by atoms with Gasteiger partial charge in [-0.2, -0.15) is 0 Å². The van der Waals surface area contributed by atoms with E-state index < -0.39 is 0 Å². The Kier molecular flexibility index (Phi) is 3.88. The van der Waals surface area contributed by atoms with Crippen molar-refractivity contribution in [3.63, 3.8) is 0 Å². The zero-order valence-corrected chi connectivity index (χ0v) is 13.4. The summed E-state index contributed by atoms with van der Waals surface area (Å²) in [5.41, 5.74) is 1.10. The number of hydrogen-bond acceptors (Lipinski definition) is 2. The zero-order valence-electron chi connectivity index (χ0n) is 13.4. The van der Waals surface area contributed by atoms with Gasteiger partial charge in [-0.1, -0.05) is 18.6 Å². The molecular weight excluding hydrogens is 236 g/mol. The Morgan fingerprint density at radius 3 is 2.42 bits per heavy atom. The average Bonchev–Trinajstić information content (AvgIpc) is 2.44. The molecule has 0 aromatic carbocycles. The van der Waals surface area contributed by atoms with Crippen molar-refractivity contribution < 1.29 is 9.84 Å². The van der Waals surface area contributed by atoms with Crippen LogP contribution in [-0.2, 0) is 4.74 Å². The summed E-state index contributed by atoms with van der Waals surface area (Å²) in [6.07, 6.45) is 5.20. The summed E-state index contributed by atoms with van der Waals surface area (Å²) in [6.45, 7) is 13.0. The molecule has 19 heavy (non-hydrogen) atoms. The van der Waals surface area contributed by atoms with Gasteiger partial charge in [-0.05, 0) is 65.7 Å². The smallest absolute Gasteiger partial charge is 0.0687 e. The second kappa shape index (κ2) is 4.89. The Bertz CT molecular complexity index is 367. The van der Waals surface area contributed by atoms with E-state index in [-0.39, 0.29) is 23.2 Å². The lowest BCUT2D eigenvalue weighted by atomic mass is 9.72. The Morgan fingerprint density at radius 2 is 1.95 bits per heavy atom. The molecule has 1 fully saturated rings. The van der Waals surface area contributed by atoms with Crippen LogP contribution in [0.3, 0.4) is 0 Å². The first-order chi connectivity index (χ1) is 8.61. The molecule has 0 aromatic rings. The Morgan fingerprint density at radius 1 is 1.32 bits per heavy atom. The predicted octanol–water partition coefficient (Wildman–Crippen LogP) is 3.93. The molecule has 1 aliphatic heterocycles. The van der Waals surface area contributed by atoms with Gasteiger partial charge < -0.3 is 9.84 Å². The number of allylic oxidation sites excluding steroid dienone is 2. The predicted molar refractivity (Wildman–Crippen MR) is 79.0 cm³/mol. The normalized spacial score (nSPS) is 38.9. The lowest BCUT2D eigenvalue weighted by Crippen LogP contribution is -2.41. The molecule has 2 aliphatic rings. The highest BCUT2D eigenvalue weighted by molar-refractivity contribution is 5.09. The Labute approximate surface area is 118 Å². The first kappa shape index (κ1) is 15.1. The fourth-order valence-corrected chi connectivity index (χ4v) is 4.32. The maximum atomic E-state index is 10.9. The molecular formula is C17H30O2. The monoisotopic (exact) mass is 266 g/mol. The van der Waals surface area contributed by atoms with Crippen LogP contribution in [0.4, 0.5) is 0 Å². The summed E-state index contributed by atoms with van der Waals surface area (Å²) in [7, 11) is 0. The highest BCUT2D eigenvalue weighted by Gasteiger charge is 2.50. The van der Waals surface area contributed by atoms with Crippen LogP contribution in [0.2, 0.25) is 0 Å². The van der Waals surface area contributed by atoms with Crippen molar-refractivity contribution in [3.8, 4) is 0 Å². The maximum Gasteiger partial charge on any atom is 0.0687 e. The fraction of sp³-hybridized carbons (Fsp3) is 0.882. The molecule has 2 heteroatoms. The third-order valence-electron chi connectivity index (χ3n) is 4.87. The van der Waals surface area contributed by atoms with Crippen LogP contribution < -0.4 is 0 Å². The molecule has 1 saturated heterocycles. The van der Waals surface area contributed by atoms with E-state index in [1.54, 1.807) is 0 Å². The number of ether oxygens (including phenoxy) is 1. The quantitative estimate of drug-likeness (QED) is 0.767. The SMILES string of the molecule is CC1=CC(C)CC(C(O)C2CC(C)(C)OC2(C)C)C1. The molecule has 1 heterocycles. The number of rotatable bonds is 2. The van der Waals surface area contributed by atoms with E-state index in [2.05, 4.69) is 47.6 Å². The van der Waals surface area contributed by atoms with E-state index in [1.165, 1.54) is 5.57 Å². The summed E-state index contributed by atoms with van der Waals surface area (Å²) >= 11 is 0. The van der Waals surface area contributed by atoms with Gasteiger partial charge in [0.1, 0.15) is 0 Å². The van der Waals surface area contributed by atoms with Crippen LogP contribution in [0.5, 0.6) is 0 Å². The van der Waals surface area contributed by atoms with Crippen molar-refractivity contribution in [2.24, 2.45) is 17.8 Å². The molecule has 0 aromatic heterocycles. The molecule has 1 aliphatic carbocycles. The van der Waals surface area contributed by atoms with Gasteiger partial charge in [0.15, 0.2) is 0 Å².